The van der Waals surface area contributed by atoms with E-state index in [2.05, 4.69) is 17.0 Å². The summed E-state index contributed by atoms with van der Waals surface area (Å²) in [6, 6.07) is -0.918. The summed E-state index contributed by atoms with van der Waals surface area (Å²) in [5.41, 5.74) is 0.123. The highest BCUT2D eigenvalue weighted by molar-refractivity contribution is 5.96. The second-order valence-electron chi connectivity index (χ2n) is 5.57. The Morgan fingerprint density at radius 2 is 2.20 bits per heavy atom. The Kier molecular flexibility index (Phi) is 5.07. The van der Waals surface area contributed by atoms with E-state index in [1.165, 1.54) is 6.20 Å². The third kappa shape index (κ3) is 4.22. The molecule has 0 saturated carbocycles. The fourth-order valence-electron chi connectivity index (χ4n) is 1.59. The van der Waals surface area contributed by atoms with Gasteiger partial charge in [0.1, 0.15) is 6.04 Å². The maximum atomic E-state index is 12.0. The van der Waals surface area contributed by atoms with E-state index >= 15 is 0 Å². The lowest BCUT2D eigenvalue weighted by Gasteiger charge is -2.18. The Morgan fingerprint density at radius 3 is 2.65 bits per heavy atom. The van der Waals surface area contributed by atoms with Crippen LogP contribution in [0.3, 0.4) is 0 Å². The summed E-state index contributed by atoms with van der Waals surface area (Å²) in [5.74, 6) is -1.49. The number of amides is 1. The van der Waals surface area contributed by atoms with E-state index in [0.717, 1.165) is 0 Å². The molecule has 20 heavy (non-hydrogen) atoms. The SMILES string of the molecule is C=CCCC(NC(=O)c1cnn(C(C)(C)C)c1)C(=O)O. The van der Waals surface area contributed by atoms with Crippen molar-refractivity contribution in [3.8, 4) is 0 Å². The number of aromatic nitrogens is 2. The number of allylic oxidation sites excluding steroid dienone is 1. The van der Waals surface area contributed by atoms with Crippen LogP contribution in [0.25, 0.3) is 0 Å². The lowest BCUT2D eigenvalue weighted by molar-refractivity contribution is -0.139. The zero-order valence-electron chi connectivity index (χ0n) is 12.1. The lowest BCUT2D eigenvalue weighted by Crippen LogP contribution is -2.40. The maximum absolute atomic E-state index is 12.0. The number of aliphatic carboxylic acids is 1. The van der Waals surface area contributed by atoms with Gasteiger partial charge in [0.05, 0.1) is 17.3 Å². The first-order valence-electron chi connectivity index (χ1n) is 6.45. The first-order valence-corrected chi connectivity index (χ1v) is 6.45. The van der Waals surface area contributed by atoms with Crippen LogP contribution in [-0.4, -0.2) is 32.8 Å². The van der Waals surface area contributed by atoms with Gasteiger partial charge in [-0.25, -0.2) is 4.79 Å². The summed E-state index contributed by atoms with van der Waals surface area (Å²) in [7, 11) is 0. The number of carboxylic acid groups (broad SMARTS) is 1. The van der Waals surface area contributed by atoms with Crippen LogP contribution in [0, 0.1) is 0 Å². The lowest BCUT2D eigenvalue weighted by atomic mass is 10.1. The molecule has 110 valence electrons. The van der Waals surface area contributed by atoms with Crippen LogP contribution in [0.15, 0.2) is 25.0 Å². The van der Waals surface area contributed by atoms with Crippen molar-refractivity contribution in [3.05, 3.63) is 30.6 Å². The van der Waals surface area contributed by atoms with E-state index in [1.807, 2.05) is 20.8 Å². The second kappa shape index (κ2) is 6.36. The largest absolute Gasteiger partial charge is 0.480 e. The van der Waals surface area contributed by atoms with Crippen molar-refractivity contribution in [1.29, 1.82) is 0 Å². The van der Waals surface area contributed by atoms with E-state index in [9.17, 15) is 9.59 Å². The van der Waals surface area contributed by atoms with E-state index in [-0.39, 0.29) is 5.54 Å². The molecule has 0 fully saturated rings. The molecule has 0 aliphatic heterocycles. The minimum atomic E-state index is -1.05. The molecule has 1 amide bonds. The van der Waals surface area contributed by atoms with Crippen LogP contribution in [0.4, 0.5) is 0 Å². The van der Waals surface area contributed by atoms with Gasteiger partial charge in [0.15, 0.2) is 0 Å². The molecule has 6 nitrogen and oxygen atoms in total. The van der Waals surface area contributed by atoms with E-state index in [1.54, 1.807) is 17.0 Å². The topological polar surface area (TPSA) is 84.2 Å². The fourth-order valence-corrected chi connectivity index (χ4v) is 1.59. The van der Waals surface area contributed by atoms with Crippen molar-refractivity contribution in [2.24, 2.45) is 0 Å². The van der Waals surface area contributed by atoms with Gasteiger partial charge in [0.2, 0.25) is 0 Å². The van der Waals surface area contributed by atoms with E-state index < -0.39 is 17.9 Å². The molecular weight excluding hydrogens is 258 g/mol. The zero-order chi connectivity index (χ0) is 15.3. The Balaban J connectivity index is 2.76. The molecule has 0 aromatic carbocycles. The standard InChI is InChI=1S/C14H21N3O3/c1-5-6-7-11(13(19)20)16-12(18)10-8-15-17(9-10)14(2,3)4/h5,8-9,11H,1,6-7H2,2-4H3,(H,16,18)(H,19,20). The molecule has 1 rings (SSSR count). The van der Waals surface area contributed by atoms with Gasteiger partial charge in [-0.1, -0.05) is 6.08 Å². The number of nitrogens with one attached hydrogen (secondary N) is 1. The molecule has 2 N–H and O–H groups in total. The summed E-state index contributed by atoms with van der Waals surface area (Å²) in [4.78, 5) is 23.1. The average Bonchev–Trinajstić information content (AvgIpc) is 2.83. The monoisotopic (exact) mass is 279 g/mol. The van der Waals surface area contributed by atoms with Crippen molar-refractivity contribution < 1.29 is 14.7 Å². The molecule has 6 heteroatoms. The number of hydrogen-bond donors (Lipinski definition) is 2. The summed E-state index contributed by atoms with van der Waals surface area (Å²) in [5, 5.41) is 15.7. The summed E-state index contributed by atoms with van der Waals surface area (Å²) < 4.78 is 1.67. The number of carbonyl (C=O) groups excluding carboxylic acids is 1. The van der Waals surface area contributed by atoms with Crippen LogP contribution in [0.5, 0.6) is 0 Å². The highest BCUT2D eigenvalue weighted by Crippen LogP contribution is 2.13. The normalized spacial score (nSPS) is 12.8. The number of hydrogen-bond acceptors (Lipinski definition) is 3. The molecule has 1 atom stereocenters. The van der Waals surface area contributed by atoms with Gasteiger partial charge in [0, 0.05) is 6.20 Å². The Hall–Kier alpha value is -2.11. The maximum Gasteiger partial charge on any atom is 0.326 e. The number of carboxylic acids is 1. The predicted molar refractivity (Wildman–Crippen MR) is 75.5 cm³/mol. The highest BCUT2D eigenvalue weighted by atomic mass is 16.4. The summed E-state index contributed by atoms with van der Waals surface area (Å²) in [6.45, 7) is 9.43. The highest BCUT2D eigenvalue weighted by Gasteiger charge is 2.22. The number of carbonyl (C=O) groups is 2. The van der Waals surface area contributed by atoms with Gasteiger partial charge in [-0.05, 0) is 33.6 Å². The van der Waals surface area contributed by atoms with E-state index in [0.29, 0.717) is 18.4 Å². The molecule has 1 unspecified atom stereocenters. The van der Waals surface area contributed by atoms with Gasteiger partial charge in [-0.3, -0.25) is 9.48 Å². The van der Waals surface area contributed by atoms with Crippen molar-refractivity contribution in [2.75, 3.05) is 0 Å². The molecule has 1 aromatic heterocycles. The van der Waals surface area contributed by atoms with Crippen molar-refractivity contribution in [3.63, 3.8) is 0 Å². The molecule has 0 aliphatic rings. The van der Waals surface area contributed by atoms with Crippen molar-refractivity contribution in [1.82, 2.24) is 15.1 Å². The van der Waals surface area contributed by atoms with Crippen LogP contribution in [-0.2, 0) is 10.3 Å². The Bertz CT molecular complexity index is 500. The van der Waals surface area contributed by atoms with Crippen molar-refractivity contribution in [2.45, 2.75) is 45.2 Å². The number of rotatable bonds is 6. The minimum absolute atomic E-state index is 0.229. The molecule has 0 radical (unpaired) electrons. The Morgan fingerprint density at radius 1 is 1.55 bits per heavy atom. The minimum Gasteiger partial charge on any atom is -0.480 e. The molecule has 1 aromatic rings. The van der Waals surface area contributed by atoms with E-state index in [4.69, 9.17) is 5.11 Å². The first-order chi connectivity index (χ1) is 9.25. The Labute approximate surface area is 118 Å². The third-order valence-electron chi connectivity index (χ3n) is 2.79. The zero-order valence-corrected chi connectivity index (χ0v) is 12.1. The molecule has 0 bridgehead atoms. The molecule has 0 aliphatic carbocycles. The third-order valence-corrected chi connectivity index (χ3v) is 2.79. The molecular formula is C14H21N3O3. The van der Waals surface area contributed by atoms with Crippen LogP contribution in [0.1, 0.15) is 44.0 Å². The number of nitrogens with zero attached hydrogens (tertiary/aromatic N) is 2. The van der Waals surface area contributed by atoms with Gasteiger partial charge in [0.25, 0.3) is 5.91 Å². The van der Waals surface area contributed by atoms with Gasteiger partial charge >= 0.3 is 5.97 Å². The molecule has 0 saturated heterocycles. The fraction of sp³-hybridized carbons (Fsp3) is 0.500. The van der Waals surface area contributed by atoms with Crippen LogP contribution < -0.4 is 5.32 Å². The van der Waals surface area contributed by atoms with Gasteiger partial charge in [-0.2, -0.15) is 5.10 Å². The first kappa shape index (κ1) is 15.9. The molecule has 1 heterocycles. The molecule has 0 spiro atoms. The van der Waals surface area contributed by atoms with Gasteiger partial charge in [-0.15, -0.1) is 6.58 Å². The second-order valence-corrected chi connectivity index (χ2v) is 5.57. The quantitative estimate of drug-likeness (QED) is 0.777. The van der Waals surface area contributed by atoms with Crippen molar-refractivity contribution >= 4 is 11.9 Å². The van der Waals surface area contributed by atoms with Crippen LogP contribution >= 0.6 is 0 Å². The van der Waals surface area contributed by atoms with Gasteiger partial charge < -0.3 is 10.4 Å². The predicted octanol–water partition coefficient (Wildman–Crippen LogP) is 1.79. The van der Waals surface area contributed by atoms with Crippen LogP contribution in [0.2, 0.25) is 0 Å². The average molecular weight is 279 g/mol. The smallest absolute Gasteiger partial charge is 0.326 e. The summed E-state index contributed by atoms with van der Waals surface area (Å²) >= 11 is 0. The summed E-state index contributed by atoms with van der Waals surface area (Å²) in [6.07, 6.45) is 5.52.